The predicted octanol–water partition coefficient (Wildman–Crippen LogP) is 3.33. The van der Waals surface area contributed by atoms with Crippen molar-refractivity contribution < 1.29 is 4.79 Å². The Labute approximate surface area is 121 Å². The van der Waals surface area contributed by atoms with Gasteiger partial charge in [0.1, 0.15) is 5.37 Å². The monoisotopic (exact) mass is 292 g/mol. The summed E-state index contributed by atoms with van der Waals surface area (Å²) in [5, 5.41) is 0.836. The molecule has 0 N–H and O–H groups in total. The largest absolute Gasteiger partial charge is 0.329 e. The van der Waals surface area contributed by atoms with E-state index in [4.69, 9.17) is 11.6 Å². The molecule has 3 nitrogen and oxygen atoms in total. The van der Waals surface area contributed by atoms with Crippen molar-refractivity contribution in [1.82, 2.24) is 9.47 Å². The summed E-state index contributed by atoms with van der Waals surface area (Å²) >= 11 is 7.66. The van der Waals surface area contributed by atoms with E-state index in [1.165, 1.54) is 0 Å². The lowest BCUT2D eigenvalue weighted by atomic mass is 10.3. The number of aromatic nitrogens is 1. The van der Waals surface area contributed by atoms with Crippen molar-refractivity contribution in [2.24, 2.45) is 0 Å². The predicted molar refractivity (Wildman–Crippen MR) is 78.7 cm³/mol. The molecular weight excluding hydrogens is 280 g/mol. The highest BCUT2D eigenvalue weighted by Crippen LogP contribution is 2.37. The minimum Gasteiger partial charge on any atom is -0.329 e. The average molecular weight is 293 g/mol. The van der Waals surface area contributed by atoms with Crippen LogP contribution in [0.25, 0.3) is 5.69 Å². The number of thioether (sulfide) groups is 1. The molecule has 19 heavy (non-hydrogen) atoms. The first-order chi connectivity index (χ1) is 9.15. The molecule has 1 aliphatic rings. The molecule has 0 saturated carbocycles. The van der Waals surface area contributed by atoms with Crippen LogP contribution in [-0.4, -0.2) is 28.2 Å². The summed E-state index contributed by atoms with van der Waals surface area (Å²) in [6.07, 6.45) is 4.05. The highest BCUT2D eigenvalue weighted by Gasteiger charge is 2.30. The molecule has 2 aromatic rings. The van der Waals surface area contributed by atoms with Crippen LogP contribution in [0.5, 0.6) is 0 Å². The molecule has 1 atom stereocenters. The molecule has 1 aliphatic heterocycles. The second kappa shape index (κ2) is 4.94. The van der Waals surface area contributed by atoms with E-state index in [2.05, 4.69) is 6.20 Å². The molecule has 5 heteroatoms. The average Bonchev–Trinajstić information content (AvgIpc) is 2.98. The Morgan fingerprint density at radius 2 is 2.21 bits per heavy atom. The summed E-state index contributed by atoms with van der Waals surface area (Å²) in [6.45, 7) is 0. The van der Waals surface area contributed by atoms with Crippen LogP contribution in [-0.2, 0) is 4.79 Å². The van der Waals surface area contributed by atoms with Gasteiger partial charge in [-0.2, -0.15) is 0 Å². The van der Waals surface area contributed by atoms with Crippen LogP contribution in [0.2, 0.25) is 5.02 Å². The molecule has 1 fully saturated rings. The number of benzene rings is 1. The molecule has 1 amide bonds. The quantitative estimate of drug-likeness (QED) is 0.848. The maximum absolute atomic E-state index is 11.6. The Morgan fingerprint density at radius 1 is 1.37 bits per heavy atom. The number of hydrogen-bond acceptors (Lipinski definition) is 2. The standard InChI is InChI=1S/C14H13ClN2OS/c1-16-13(18)9-19-14(16)10-5-6-17(8-10)12-4-2-3-11(15)7-12/h2-8,14H,9H2,1H3/t14-/m1/s1. The number of carbonyl (C=O) groups is 1. The van der Waals surface area contributed by atoms with Gasteiger partial charge in [-0.05, 0) is 24.3 Å². The Kier molecular flexibility index (Phi) is 3.29. The third kappa shape index (κ3) is 2.38. The molecule has 0 aliphatic carbocycles. The summed E-state index contributed by atoms with van der Waals surface area (Å²) in [4.78, 5) is 13.4. The van der Waals surface area contributed by atoms with Crippen LogP contribution in [0.15, 0.2) is 42.7 Å². The highest BCUT2D eigenvalue weighted by atomic mass is 35.5. The van der Waals surface area contributed by atoms with E-state index in [9.17, 15) is 4.79 Å². The number of hydrogen-bond donors (Lipinski definition) is 0. The molecule has 2 heterocycles. The molecule has 0 bridgehead atoms. The zero-order valence-corrected chi connectivity index (χ0v) is 12.0. The van der Waals surface area contributed by atoms with Gasteiger partial charge in [0.25, 0.3) is 0 Å². The van der Waals surface area contributed by atoms with Crippen LogP contribution >= 0.6 is 23.4 Å². The van der Waals surface area contributed by atoms with Crippen LogP contribution in [0, 0.1) is 0 Å². The molecule has 1 aromatic heterocycles. The van der Waals surface area contributed by atoms with E-state index in [1.54, 1.807) is 16.7 Å². The summed E-state index contributed by atoms with van der Waals surface area (Å²) < 4.78 is 2.03. The van der Waals surface area contributed by atoms with E-state index < -0.39 is 0 Å². The van der Waals surface area contributed by atoms with Crippen molar-refractivity contribution in [3.63, 3.8) is 0 Å². The van der Waals surface area contributed by atoms with E-state index >= 15 is 0 Å². The van der Waals surface area contributed by atoms with Crippen LogP contribution in [0.1, 0.15) is 10.9 Å². The van der Waals surface area contributed by atoms with E-state index in [0.717, 1.165) is 16.3 Å². The van der Waals surface area contributed by atoms with Crippen molar-refractivity contribution >= 4 is 29.3 Å². The van der Waals surface area contributed by atoms with Gasteiger partial charge in [0.15, 0.2) is 0 Å². The number of amides is 1. The minimum atomic E-state index is 0.118. The lowest BCUT2D eigenvalue weighted by Crippen LogP contribution is -2.22. The highest BCUT2D eigenvalue weighted by molar-refractivity contribution is 8.00. The number of halogens is 1. The number of rotatable bonds is 2. The van der Waals surface area contributed by atoms with E-state index in [0.29, 0.717) is 5.75 Å². The molecule has 0 radical (unpaired) electrons. The zero-order chi connectivity index (χ0) is 13.4. The van der Waals surface area contributed by atoms with Gasteiger partial charge in [0, 0.05) is 35.7 Å². The molecule has 1 aromatic carbocycles. The van der Waals surface area contributed by atoms with Crippen molar-refractivity contribution in [2.45, 2.75) is 5.37 Å². The smallest absolute Gasteiger partial charge is 0.233 e. The molecular formula is C14H13ClN2OS. The van der Waals surface area contributed by atoms with Crippen molar-refractivity contribution in [3.05, 3.63) is 53.3 Å². The van der Waals surface area contributed by atoms with E-state index in [-0.39, 0.29) is 11.3 Å². The fraction of sp³-hybridized carbons (Fsp3) is 0.214. The van der Waals surface area contributed by atoms with Gasteiger partial charge >= 0.3 is 0 Å². The maximum atomic E-state index is 11.6. The van der Waals surface area contributed by atoms with Crippen LogP contribution in [0.3, 0.4) is 0 Å². The first-order valence-corrected chi connectivity index (χ1v) is 7.39. The van der Waals surface area contributed by atoms with Gasteiger partial charge < -0.3 is 9.47 Å². The third-order valence-corrected chi connectivity index (χ3v) is 4.77. The van der Waals surface area contributed by atoms with Gasteiger partial charge in [-0.3, -0.25) is 4.79 Å². The molecule has 3 rings (SSSR count). The number of carbonyl (C=O) groups excluding carboxylic acids is 1. The summed E-state index contributed by atoms with van der Waals surface area (Å²) in [5.41, 5.74) is 2.16. The van der Waals surface area contributed by atoms with Crippen molar-refractivity contribution in [2.75, 3.05) is 12.8 Å². The fourth-order valence-corrected chi connectivity index (χ4v) is 3.53. The minimum absolute atomic E-state index is 0.118. The first-order valence-electron chi connectivity index (χ1n) is 5.96. The van der Waals surface area contributed by atoms with Gasteiger partial charge in [-0.25, -0.2) is 0 Å². The van der Waals surface area contributed by atoms with Gasteiger partial charge in [0.2, 0.25) is 5.91 Å². The second-order valence-electron chi connectivity index (χ2n) is 4.50. The van der Waals surface area contributed by atoms with E-state index in [1.807, 2.05) is 48.1 Å². The number of nitrogens with zero attached hydrogens (tertiary/aromatic N) is 2. The Bertz CT molecular complexity index is 625. The van der Waals surface area contributed by atoms with Crippen LogP contribution in [0.4, 0.5) is 0 Å². The Morgan fingerprint density at radius 3 is 2.89 bits per heavy atom. The molecule has 0 spiro atoms. The topological polar surface area (TPSA) is 25.2 Å². The summed E-state index contributed by atoms with van der Waals surface area (Å²) in [7, 11) is 1.85. The second-order valence-corrected chi connectivity index (χ2v) is 6.00. The van der Waals surface area contributed by atoms with Crippen LogP contribution < -0.4 is 0 Å². The maximum Gasteiger partial charge on any atom is 0.233 e. The molecule has 0 unspecified atom stereocenters. The van der Waals surface area contributed by atoms with Crippen molar-refractivity contribution in [1.29, 1.82) is 0 Å². The fourth-order valence-electron chi connectivity index (χ4n) is 2.17. The van der Waals surface area contributed by atoms with Crippen molar-refractivity contribution in [3.8, 4) is 5.69 Å². The lowest BCUT2D eigenvalue weighted by Gasteiger charge is -2.17. The first kappa shape index (κ1) is 12.6. The third-order valence-electron chi connectivity index (χ3n) is 3.22. The van der Waals surface area contributed by atoms with Gasteiger partial charge in [-0.15, -0.1) is 11.8 Å². The molecule has 1 saturated heterocycles. The SMILES string of the molecule is CN1C(=O)CS[C@@H]1c1ccn(-c2cccc(Cl)c2)c1. The van der Waals surface area contributed by atoms with Gasteiger partial charge in [0.05, 0.1) is 5.75 Å². The zero-order valence-electron chi connectivity index (χ0n) is 10.4. The lowest BCUT2D eigenvalue weighted by molar-refractivity contribution is -0.126. The summed E-state index contributed by atoms with van der Waals surface area (Å²) in [6, 6.07) is 9.76. The Hall–Kier alpha value is -1.39. The Balaban J connectivity index is 1.90. The normalized spacial score (nSPS) is 19.2. The molecule has 98 valence electrons. The van der Waals surface area contributed by atoms with Gasteiger partial charge in [-0.1, -0.05) is 17.7 Å². The summed E-state index contributed by atoms with van der Waals surface area (Å²) in [5.74, 6) is 0.745.